The predicted molar refractivity (Wildman–Crippen MR) is 52.1 cm³/mol. The molecule has 0 saturated carbocycles. The summed E-state index contributed by atoms with van der Waals surface area (Å²) in [6, 6.07) is 7.05. The molecule has 0 aromatic heterocycles. The van der Waals surface area contributed by atoms with Gasteiger partial charge in [0.2, 0.25) is 0 Å². The number of hydrogen-bond donors (Lipinski definition) is 2. The molecule has 0 amide bonds. The number of benzene rings is 1. The molecule has 3 nitrogen and oxygen atoms in total. The molecule has 0 aliphatic carbocycles. The first kappa shape index (κ1) is 10.0. The normalized spacial score (nSPS) is 15.3. The van der Waals surface area contributed by atoms with Gasteiger partial charge in [-0.15, -0.1) is 0 Å². The summed E-state index contributed by atoms with van der Waals surface area (Å²) >= 11 is 0. The summed E-state index contributed by atoms with van der Waals surface area (Å²) in [5.74, 6) is -1.25. The van der Waals surface area contributed by atoms with Gasteiger partial charge in [-0.1, -0.05) is 12.1 Å². The van der Waals surface area contributed by atoms with E-state index in [0.717, 1.165) is 0 Å². The lowest BCUT2D eigenvalue weighted by Crippen LogP contribution is -2.25. The molecular formula is C10H15NO2. The van der Waals surface area contributed by atoms with Gasteiger partial charge in [-0.2, -0.15) is 0 Å². The standard InChI is InChI=1S/C10H15NO2/c1-3-13-10(2,12)8-5-4-6-9(11)7-8/h4-7,12H,3,11H2,1-2H3. The molecule has 0 radical (unpaired) electrons. The molecule has 0 aliphatic heterocycles. The van der Waals surface area contributed by atoms with Gasteiger partial charge < -0.3 is 15.6 Å². The molecule has 1 atom stereocenters. The Morgan fingerprint density at radius 2 is 2.23 bits per heavy atom. The van der Waals surface area contributed by atoms with E-state index in [1.807, 2.05) is 6.92 Å². The van der Waals surface area contributed by atoms with Crippen LogP contribution in [-0.4, -0.2) is 11.7 Å². The van der Waals surface area contributed by atoms with Gasteiger partial charge in [0.05, 0.1) is 0 Å². The molecule has 1 aromatic rings. The molecule has 1 unspecified atom stereocenters. The molecule has 0 bridgehead atoms. The van der Waals surface area contributed by atoms with Crippen molar-refractivity contribution in [2.24, 2.45) is 0 Å². The van der Waals surface area contributed by atoms with E-state index in [1.165, 1.54) is 0 Å². The zero-order valence-electron chi connectivity index (χ0n) is 7.95. The van der Waals surface area contributed by atoms with Crippen molar-refractivity contribution in [2.75, 3.05) is 12.3 Å². The Morgan fingerprint density at radius 3 is 2.77 bits per heavy atom. The number of rotatable bonds is 3. The van der Waals surface area contributed by atoms with Crippen molar-refractivity contribution >= 4 is 5.69 Å². The van der Waals surface area contributed by atoms with Crippen molar-refractivity contribution in [3.05, 3.63) is 29.8 Å². The Bertz CT molecular complexity index is 284. The fraction of sp³-hybridized carbons (Fsp3) is 0.400. The van der Waals surface area contributed by atoms with Crippen LogP contribution >= 0.6 is 0 Å². The van der Waals surface area contributed by atoms with Crippen LogP contribution in [0.25, 0.3) is 0 Å². The summed E-state index contributed by atoms with van der Waals surface area (Å²) in [5.41, 5.74) is 6.88. The minimum Gasteiger partial charge on any atom is -0.399 e. The zero-order chi connectivity index (χ0) is 9.90. The summed E-state index contributed by atoms with van der Waals surface area (Å²) in [6.07, 6.45) is 0. The molecule has 0 aliphatic rings. The van der Waals surface area contributed by atoms with Crippen LogP contribution in [-0.2, 0) is 10.5 Å². The van der Waals surface area contributed by atoms with Gasteiger partial charge in [0, 0.05) is 17.9 Å². The quantitative estimate of drug-likeness (QED) is 0.548. The monoisotopic (exact) mass is 181 g/mol. The number of nitrogen functional groups attached to an aromatic ring is 1. The summed E-state index contributed by atoms with van der Waals surface area (Å²) < 4.78 is 5.17. The zero-order valence-corrected chi connectivity index (χ0v) is 7.95. The molecule has 0 heterocycles. The topological polar surface area (TPSA) is 55.5 Å². The third-order valence-electron chi connectivity index (χ3n) is 1.85. The predicted octanol–water partition coefficient (Wildman–Crippen LogP) is 1.47. The Balaban J connectivity index is 2.93. The van der Waals surface area contributed by atoms with Crippen LogP contribution in [0.5, 0.6) is 0 Å². The molecular weight excluding hydrogens is 166 g/mol. The van der Waals surface area contributed by atoms with Crippen LogP contribution < -0.4 is 5.73 Å². The molecule has 3 N–H and O–H groups in total. The largest absolute Gasteiger partial charge is 0.399 e. The molecule has 0 saturated heterocycles. The molecule has 13 heavy (non-hydrogen) atoms. The van der Waals surface area contributed by atoms with Gasteiger partial charge in [0.1, 0.15) is 0 Å². The summed E-state index contributed by atoms with van der Waals surface area (Å²) in [4.78, 5) is 0. The van der Waals surface area contributed by atoms with Crippen LogP contribution in [0.4, 0.5) is 5.69 Å². The maximum atomic E-state index is 9.83. The van der Waals surface area contributed by atoms with E-state index >= 15 is 0 Å². The Morgan fingerprint density at radius 1 is 1.54 bits per heavy atom. The van der Waals surface area contributed by atoms with Crippen LogP contribution in [0.3, 0.4) is 0 Å². The highest BCUT2D eigenvalue weighted by Crippen LogP contribution is 2.23. The molecule has 1 rings (SSSR count). The lowest BCUT2D eigenvalue weighted by atomic mass is 10.1. The first-order valence-corrected chi connectivity index (χ1v) is 4.28. The summed E-state index contributed by atoms with van der Waals surface area (Å²) in [5, 5.41) is 9.83. The van der Waals surface area contributed by atoms with Gasteiger partial charge in [-0.3, -0.25) is 0 Å². The highest BCUT2D eigenvalue weighted by atomic mass is 16.6. The number of aliphatic hydroxyl groups is 1. The third-order valence-corrected chi connectivity index (χ3v) is 1.85. The van der Waals surface area contributed by atoms with Gasteiger partial charge in [-0.25, -0.2) is 0 Å². The van der Waals surface area contributed by atoms with E-state index in [4.69, 9.17) is 10.5 Å². The van der Waals surface area contributed by atoms with Crippen molar-refractivity contribution in [2.45, 2.75) is 19.6 Å². The maximum absolute atomic E-state index is 9.83. The number of ether oxygens (including phenoxy) is 1. The minimum atomic E-state index is -1.25. The van der Waals surface area contributed by atoms with Crippen LogP contribution in [0.15, 0.2) is 24.3 Å². The first-order chi connectivity index (χ1) is 6.06. The fourth-order valence-electron chi connectivity index (χ4n) is 1.19. The van der Waals surface area contributed by atoms with E-state index in [-0.39, 0.29) is 0 Å². The second kappa shape index (κ2) is 3.77. The van der Waals surface area contributed by atoms with Crippen molar-refractivity contribution in [3.63, 3.8) is 0 Å². The number of nitrogens with two attached hydrogens (primary N) is 1. The molecule has 0 spiro atoms. The highest BCUT2D eigenvalue weighted by molar-refractivity contribution is 5.41. The lowest BCUT2D eigenvalue weighted by molar-refractivity contribution is -0.195. The Labute approximate surface area is 78.1 Å². The van der Waals surface area contributed by atoms with E-state index in [9.17, 15) is 5.11 Å². The van der Waals surface area contributed by atoms with Crippen molar-refractivity contribution in [3.8, 4) is 0 Å². The average Bonchev–Trinajstić information content (AvgIpc) is 2.04. The van der Waals surface area contributed by atoms with E-state index in [0.29, 0.717) is 17.9 Å². The first-order valence-electron chi connectivity index (χ1n) is 4.28. The number of anilines is 1. The number of hydrogen-bond acceptors (Lipinski definition) is 3. The van der Waals surface area contributed by atoms with Gasteiger partial charge in [0.15, 0.2) is 5.79 Å². The van der Waals surface area contributed by atoms with Crippen LogP contribution in [0.2, 0.25) is 0 Å². The molecule has 72 valence electrons. The smallest absolute Gasteiger partial charge is 0.189 e. The Hall–Kier alpha value is -1.06. The van der Waals surface area contributed by atoms with Crippen molar-refractivity contribution < 1.29 is 9.84 Å². The van der Waals surface area contributed by atoms with Gasteiger partial charge >= 0.3 is 0 Å². The highest BCUT2D eigenvalue weighted by Gasteiger charge is 2.22. The average molecular weight is 181 g/mol. The van der Waals surface area contributed by atoms with Gasteiger partial charge in [0.25, 0.3) is 0 Å². The summed E-state index contributed by atoms with van der Waals surface area (Å²) in [6.45, 7) is 3.90. The van der Waals surface area contributed by atoms with Gasteiger partial charge in [-0.05, 0) is 26.0 Å². The Kier molecular flexibility index (Phi) is 2.90. The summed E-state index contributed by atoms with van der Waals surface area (Å²) in [7, 11) is 0. The lowest BCUT2D eigenvalue weighted by Gasteiger charge is -2.23. The van der Waals surface area contributed by atoms with E-state index in [2.05, 4.69) is 0 Å². The van der Waals surface area contributed by atoms with Crippen LogP contribution in [0, 0.1) is 0 Å². The maximum Gasteiger partial charge on any atom is 0.189 e. The second-order valence-corrected chi connectivity index (χ2v) is 3.04. The molecule has 1 aromatic carbocycles. The second-order valence-electron chi connectivity index (χ2n) is 3.04. The third kappa shape index (κ3) is 2.44. The van der Waals surface area contributed by atoms with E-state index < -0.39 is 5.79 Å². The fourth-order valence-corrected chi connectivity index (χ4v) is 1.19. The molecule has 3 heteroatoms. The van der Waals surface area contributed by atoms with E-state index in [1.54, 1.807) is 31.2 Å². The van der Waals surface area contributed by atoms with Crippen molar-refractivity contribution in [1.82, 2.24) is 0 Å². The van der Waals surface area contributed by atoms with Crippen LogP contribution in [0.1, 0.15) is 19.4 Å². The van der Waals surface area contributed by atoms with Crippen molar-refractivity contribution in [1.29, 1.82) is 0 Å². The molecule has 0 fully saturated rings. The minimum absolute atomic E-state index is 0.460. The SMILES string of the molecule is CCOC(C)(O)c1cccc(N)c1.